The SMILES string of the molecule is CC(=O)C(Br)c1cccc([N+](=O)[O-])c1C(O)C(=O)O. The normalized spacial score (nSPS) is 13.6. The Balaban J connectivity index is 3.55. The van der Waals surface area contributed by atoms with Crippen LogP contribution in [0.3, 0.4) is 0 Å². The molecule has 102 valence electrons. The molecule has 0 saturated carbocycles. The molecule has 8 heteroatoms. The molecule has 1 aromatic rings. The summed E-state index contributed by atoms with van der Waals surface area (Å²) in [4.78, 5) is 31.3. The Hall–Kier alpha value is -1.80. The number of aliphatic hydroxyl groups excluding tert-OH is 1. The van der Waals surface area contributed by atoms with Gasteiger partial charge in [-0.2, -0.15) is 0 Å². The summed E-state index contributed by atoms with van der Waals surface area (Å²) in [5.41, 5.74) is -0.869. The van der Waals surface area contributed by atoms with Crippen LogP contribution in [0.2, 0.25) is 0 Å². The zero-order valence-electron chi connectivity index (χ0n) is 9.74. The molecule has 0 radical (unpaired) electrons. The van der Waals surface area contributed by atoms with Crippen molar-refractivity contribution in [3.05, 3.63) is 39.4 Å². The lowest BCUT2D eigenvalue weighted by atomic mass is 9.96. The first-order valence-electron chi connectivity index (χ1n) is 5.10. The minimum Gasteiger partial charge on any atom is -0.479 e. The van der Waals surface area contributed by atoms with Crippen LogP contribution in [0.15, 0.2) is 18.2 Å². The average Bonchev–Trinajstić information content (AvgIpc) is 2.35. The van der Waals surface area contributed by atoms with Crippen LogP contribution in [0, 0.1) is 10.1 Å². The Morgan fingerprint density at radius 3 is 2.42 bits per heavy atom. The summed E-state index contributed by atoms with van der Waals surface area (Å²) in [7, 11) is 0. The zero-order valence-corrected chi connectivity index (χ0v) is 11.3. The van der Waals surface area contributed by atoms with Crippen molar-refractivity contribution in [3.8, 4) is 0 Å². The minimum atomic E-state index is -2.07. The maximum atomic E-state index is 11.3. The summed E-state index contributed by atoms with van der Waals surface area (Å²) in [5, 5.41) is 29.3. The molecule has 1 rings (SSSR count). The lowest BCUT2D eigenvalue weighted by molar-refractivity contribution is -0.386. The predicted molar refractivity (Wildman–Crippen MR) is 68.0 cm³/mol. The number of aliphatic hydroxyl groups is 1. The number of hydrogen-bond donors (Lipinski definition) is 2. The van der Waals surface area contributed by atoms with Crippen molar-refractivity contribution >= 4 is 33.4 Å². The highest BCUT2D eigenvalue weighted by molar-refractivity contribution is 9.09. The van der Waals surface area contributed by atoms with Gasteiger partial charge in [-0.05, 0) is 12.5 Å². The molecule has 0 fully saturated rings. The molecule has 7 nitrogen and oxygen atoms in total. The number of carbonyl (C=O) groups is 2. The van der Waals surface area contributed by atoms with Gasteiger partial charge in [0.2, 0.25) is 0 Å². The van der Waals surface area contributed by atoms with Gasteiger partial charge < -0.3 is 10.2 Å². The van der Waals surface area contributed by atoms with Gasteiger partial charge in [-0.1, -0.05) is 28.1 Å². The number of benzene rings is 1. The Labute approximate surface area is 116 Å². The summed E-state index contributed by atoms with van der Waals surface area (Å²) >= 11 is 3.03. The fourth-order valence-corrected chi connectivity index (χ4v) is 1.99. The number of halogens is 1. The summed E-state index contributed by atoms with van der Waals surface area (Å²) in [6, 6.07) is 3.75. The molecule has 0 amide bonds. The summed E-state index contributed by atoms with van der Waals surface area (Å²) in [6.07, 6.45) is -2.07. The number of nitro benzene ring substituents is 1. The molecule has 0 aliphatic rings. The first-order chi connectivity index (χ1) is 8.77. The third-order valence-corrected chi connectivity index (χ3v) is 3.59. The van der Waals surface area contributed by atoms with Crippen LogP contribution in [-0.4, -0.2) is 26.9 Å². The van der Waals surface area contributed by atoms with Crippen molar-refractivity contribution in [2.75, 3.05) is 0 Å². The first-order valence-corrected chi connectivity index (χ1v) is 6.01. The van der Waals surface area contributed by atoms with E-state index >= 15 is 0 Å². The van der Waals surface area contributed by atoms with E-state index in [1.165, 1.54) is 19.1 Å². The number of rotatable bonds is 5. The lowest BCUT2D eigenvalue weighted by Crippen LogP contribution is -2.17. The Morgan fingerprint density at radius 2 is 2.00 bits per heavy atom. The van der Waals surface area contributed by atoms with E-state index in [0.29, 0.717) is 0 Å². The van der Waals surface area contributed by atoms with Gasteiger partial charge in [0, 0.05) is 6.07 Å². The first kappa shape index (κ1) is 15.3. The summed E-state index contributed by atoms with van der Waals surface area (Å²) in [6.45, 7) is 1.25. The lowest BCUT2D eigenvalue weighted by Gasteiger charge is -2.15. The number of carboxylic acids is 1. The van der Waals surface area contributed by atoms with Crippen LogP contribution in [0.1, 0.15) is 29.0 Å². The van der Waals surface area contributed by atoms with E-state index in [1.54, 1.807) is 0 Å². The molecular weight excluding hydrogens is 322 g/mol. The smallest absolute Gasteiger partial charge is 0.337 e. The molecule has 0 aromatic heterocycles. The van der Waals surface area contributed by atoms with Crippen molar-refractivity contribution in [1.29, 1.82) is 0 Å². The molecule has 2 unspecified atom stereocenters. The van der Waals surface area contributed by atoms with E-state index in [0.717, 1.165) is 6.07 Å². The monoisotopic (exact) mass is 331 g/mol. The third kappa shape index (κ3) is 3.15. The fourth-order valence-electron chi connectivity index (χ4n) is 1.59. The van der Waals surface area contributed by atoms with E-state index in [4.69, 9.17) is 5.11 Å². The molecule has 0 aliphatic heterocycles. The highest BCUT2D eigenvalue weighted by Crippen LogP contribution is 2.36. The third-order valence-electron chi connectivity index (χ3n) is 2.45. The van der Waals surface area contributed by atoms with Crippen LogP contribution in [0.25, 0.3) is 0 Å². The van der Waals surface area contributed by atoms with Crippen LogP contribution in [0.4, 0.5) is 5.69 Å². The summed E-state index contributed by atoms with van der Waals surface area (Å²) in [5.74, 6) is -1.99. The largest absolute Gasteiger partial charge is 0.479 e. The van der Waals surface area contributed by atoms with E-state index in [2.05, 4.69) is 15.9 Å². The number of alkyl halides is 1. The molecule has 0 spiro atoms. The predicted octanol–water partition coefficient (Wildman–Crippen LogP) is 1.74. The maximum absolute atomic E-state index is 11.3. The number of Topliss-reactive ketones (excluding diaryl/α,β-unsaturated/α-hetero) is 1. The Kier molecular flexibility index (Phi) is 4.73. The van der Waals surface area contributed by atoms with Crippen LogP contribution >= 0.6 is 15.9 Å². The highest BCUT2D eigenvalue weighted by atomic mass is 79.9. The van der Waals surface area contributed by atoms with Gasteiger partial charge in [0.1, 0.15) is 5.78 Å². The quantitative estimate of drug-likeness (QED) is 0.482. The van der Waals surface area contributed by atoms with Gasteiger partial charge in [0.05, 0.1) is 15.3 Å². The minimum absolute atomic E-state index is 0.0663. The second-order valence-corrected chi connectivity index (χ2v) is 4.67. The number of nitro groups is 1. The molecule has 0 heterocycles. The average molecular weight is 332 g/mol. The van der Waals surface area contributed by atoms with E-state index in [1.807, 2.05) is 0 Å². The number of hydrogen-bond acceptors (Lipinski definition) is 5. The molecule has 2 atom stereocenters. The van der Waals surface area contributed by atoms with Crippen molar-refractivity contribution in [1.82, 2.24) is 0 Å². The molecule has 0 saturated heterocycles. The van der Waals surface area contributed by atoms with Gasteiger partial charge in [-0.15, -0.1) is 0 Å². The highest BCUT2D eigenvalue weighted by Gasteiger charge is 2.31. The zero-order chi connectivity index (χ0) is 14.7. The molecule has 0 bridgehead atoms. The summed E-state index contributed by atoms with van der Waals surface area (Å²) < 4.78 is 0. The van der Waals surface area contributed by atoms with Crippen LogP contribution in [-0.2, 0) is 9.59 Å². The van der Waals surface area contributed by atoms with Crippen LogP contribution < -0.4 is 0 Å². The van der Waals surface area contributed by atoms with E-state index < -0.39 is 33.1 Å². The van der Waals surface area contributed by atoms with Crippen molar-refractivity contribution < 1.29 is 24.7 Å². The van der Waals surface area contributed by atoms with E-state index in [-0.39, 0.29) is 11.3 Å². The van der Waals surface area contributed by atoms with Gasteiger partial charge in [0.15, 0.2) is 6.10 Å². The fraction of sp³-hybridized carbons (Fsp3) is 0.273. The van der Waals surface area contributed by atoms with Gasteiger partial charge in [0.25, 0.3) is 5.69 Å². The van der Waals surface area contributed by atoms with Crippen molar-refractivity contribution in [2.24, 2.45) is 0 Å². The number of carboxylic acid groups (broad SMARTS) is 1. The van der Waals surface area contributed by atoms with Crippen molar-refractivity contribution in [3.63, 3.8) is 0 Å². The van der Waals surface area contributed by atoms with E-state index in [9.17, 15) is 24.8 Å². The standard InChI is InChI=1S/C11H10BrNO6/c1-5(14)9(12)6-3-2-4-7(13(18)19)8(6)10(15)11(16)17/h2-4,9-10,15H,1H3,(H,16,17). The van der Waals surface area contributed by atoms with Crippen LogP contribution in [0.5, 0.6) is 0 Å². The molecule has 2 N–H and O–H groups in total. The number of nitrogens with zero attached hydrogens (tertiary/aromatic N) is 1. The molecule has 0 aliphatic carbocycles. The van der Waals surface area contributed by atoms with Crippen molar-refractivity contribution in [2.45, 2.75) is 17.9 Å². The number of ketones is 1. The Bertz CT molecular complexity index is 544. The Morgan fingerprint density at radius 1 is 1.42 bits per heavy atom. The van der Waals surface area contributed by atoms with Gasteiger partial charge in [-0.3, -0.25) is 14.9 Å². The number of carbonyl (C=O) groups excluding carboxylic acids is 1. The topological polar surface area (TPSA) is 118 Å². The second-order valence-electron chi connectivity index (χ2n) is 3.75. The molecule has 19 heavy (non-hydrogen) atoms. The second kappa shape index (κ2) is 5.89. The van der Waals surface area contributed by atoms with Gasteiger partial charge >= 0.3 is 5.97 Å². The van der Waals surface area contributed by atoms with Gasteiger partial charge in [-0.25, -0.2) is 4.79 Å². The number of aliphatic carboxylic acids is 1. The maximum Gasteiger partial charge on any atom is 0.337 e. The molecule has 1 aromatic carbocycles. The molecular formula is C11H10BrNO6.